The Kier molecular flexibility index (Phi) is 6.59. The van der Waals surface area contributed by atoms with Gasteiger partial charge in [0.15, 0.2) is 0 Å². The van der Waals surface area contributed by atoms with Crippen molar-refractivity contribution in [2.75, 3.05) is 6.54 Å². The van der Waals surface area contributed by atoms with Crippen molar-refractivity contribution in [2.45, 2.75) is 25.7 Å². The Balaban J connectivity index is 0.000000252. The molecule has 0 aromatic rings. The lowest BCUT2D eigenvalue weighted by molar-refractivity contribution is -0.120. The Bertz CT molecular complexity index is 180. The first kappa shape index (κ1) is 11.7. The van der Waals surface area contributed by atoms with Gasteiger partial charge < -0.3 is 11.1 Å². The fourth-order valence-corrected chi connectivity index (χ4v) is 0.904. The van der Waals surface area contributed by atoms with Gasteiger partial charge in [0.2, 0.25) is 11.8 Å². The number of rotatable bonds is 1. The van der Waals surface area contributed by atoms with E-state index < -0.39 is 5.91 Å². The van der Waals surface area contributed by atoms with Gasteiger partial charge in [-0.05, 0) is 18.9 Å². The van der Waals surface area contributed by atoms with Crippen LogP contribution in [0.1, 0.15) is 25.7 Å². The number of hydrogen-bond acceptors (Lipinski definition) is 2. The van der Waals surface area contributed by atoms with Gasteiger partial charge in [0.05, 0.1) is 0 Å². The van der Waals surface area contributed by atoms with Gasteiger partial charge in [-0.25, -0.2) is 0 Å². The van der Waals surface area contributed by atoms with Crippen molar-refractivity contribution < 1.29 is 9.59 Å². The fourth-order valence-electron chi connectivity index (χ4n) is 0.904. The molecule has 0 aromatic carbocycles. The molecule has 0 aliphatic carbocycles. The maximum absolute atomic E-state index is 10.6. The number of carbonyl (C=O) groups excluding carboxylic acids is 2. The van der Waals surface area contributed by atoms with Crippen LogP contribution in [0, 0.1) is 0 Å². The maximum atomic E-state index is 10.6. The van der Waals surface area contributed by atoms with Crippen molar-refractivity contribution in [3.05, 3.63) is 12.7 Å². The monoisotopic (exact) mass is 184 g/mol. The third-order valence-corrected chi connectivity index (χ3v) is 1.60. The molecule has 0 aromatic heterocycles. The summed E-state index contributed by atoms with van der Waals surface area (Å²) in [5.41, 5.74) is 4.53. The van der Waals surface area contributed by atoms with Gasteiger partial charge in [-0.1, -0.05) is 13.0 Å². The second-order valence-electron chi connectivity index (χ2n) is 2.77. The van der Waals surface area contributed by atoms with Crippen LogP contribution < -0.4 is 11.1 Å². The van der Waals surface area contributed by atoms with Gasteiger partial charge in [-0.3, -0.25) is 9.59 Å². The highest BCUT2D eigenvalue weighted by atomic mass is 16.1. The SMILES string of the molecule is C=CC(N)=O.O=C1CCCCCN1. The summed E-state index contributed by atoms with van der Waals surface area (Å²) in [6.45, 7) is 3.97. The van der Waals surface area contributed by atoms with E-state index >= 15 is 0 Å². The average molecular weight is 184 g/mol. The maximum Gasteiger partial charge on any atom is 0.240 e. The summed E-state index contributed by atoms with van der Waals surface area (Å²) >= 11 is 0. The zero-order valence-electron chi connectivity index (χ0n) is 7.71. The minimum absolute atomic E-state index is 0.225. The first-order chi connectivity index (χ1) is 6.16. The number of nitrogens with one attached hydrogen (secondary N) is 1. The van der Waals surface area contributed by atoms with Crippen molar-refractivity contribution in [3.63, 3.8) is 0 Å². The zero-order valence-corrected chi connectivity index (χ0v) is 7.71. The first-order valence-corrected chi connectivity index (χ1v) is 4.35. The van der Waals surface area contributed by atoms with Gasteiger partial charge in [0.25, 0.3) is 0 Å². The van der Waals surface area contributed by atoms with Gasteiger partial charge in [0, 0.05) is 13.0 Å². The van der Waals surface area contributed by atoms with Crippen LogP contribution in [-0.2, 0) is 9.59 Å². The molecule has 0 spiro atoms. The van der Waals surface area contributed by atoms with E-state index in [4.69, 9.17) is 0 Å². The molecule has 2 amide bonds. The highest BCUT2D eigenvalue weighted by Gasteiger charge is 2.03. The topological polar surface area (TPSA) is 72.2 Å². The van der Waals surface area contributed by atoms with Crippen LogP contribution >= 0.6 is 0 Å². The minimum Gasteiger partial charge on any atom is -0.366 e. The quantitative estimate of drug-likeness (QED) is 0.576. The normalized spacial score (nSPS) is 15.8. The Morgan fingerprint density at radius 3 is 2.62 bits per heavy atom. The molecular weight excluding hydrogens is 168 g/mol. The Morgan fingerprint density at radius 1 is 1.46 bits per heavy atom. The van der Waals surface area contributed by atoms with Crippen molar-refractivity contribution in [1.29, 1.82) is 0 Å². The molecule has 0 saturated carbocycles. The summed E-state index contributed by atoms with van der Waals surface area (Å²) in [7, 11) is 0. The summed E-state index contributed by atoms with van der Waals surface area (Å²) in [5.74, 6) is -0.257. The van der Waals surface area contributed by atoms with Crippen LogP contribution in [0.25, 0.3) is 0 Å². The molecule has 1 heterocycles. The van der Waals surface area contributed by atoms with Crippen LogP contribution in [0.3, 0.4) is 0 Å². The van der Waals surface area contributed by atoms with Crippen LogP contribution in [0.5, 0.6) is 0 Å². The predicted octanol–water partition coefficient (Wildman–Crippen LogP) is 0.334. The third kappa shape index (κ3) is 8.59. The largest absolute Gasteiger partial charge is 0.366 e. The number of primary amides is 1. The van der Waals surface area contributed by atoms with Crippen molar-refractivity contribution in [2.24, 2.45) is 5.73 Å². The van der Waals surface area contributed by atoms with Crippen molar-refractivity contribution in [1.82, 2.24) is 5.32 Å². The Labute approximate surface area is 78.2 Å². The minimum atomic E-state index is -0.481. The van der Waals surface area contributed by atoms with E-state index in [1.807, 2.05) is 0 Å². The van der Waals surface area contributed by atoms with E-state index in [1.165, 1.54) is 6.42 Å². The second-order valence-corrected chi connectivity index (χ2v) is 2.77. The van der Waals surface area contributed by atoms with Gasteiger partial charge in [-0.15, -0.1) is 0 Å². The molecule has 3 N–H and O–H groups in total. The first-order valence-electron chi connectivity index (χ1n) is 4.35. The number of nitrogens with two attached hydrogens (primary N) is 1. The lowest BCUT2D eigenvalue weighted by Crippen LogP contribution is -2.21. The van der Waals surface area contributed by atoms with E-state index in [2.05, 4.69) is 17.6 Å². The van der Waals surface area contributed by atoms with E-state index in [0.29, 0.717) is 0 Å². The smallest absolute Gasteiger partial charge is 0.240 e. The van der Waals surface area contributed by atoms with Crippen LogP contribution in [0.4, 0.5) is 0 Å². The van der Waals surface area contributed by atoms with E-state index in [1.54, 1.807) is 0 Å². The highest BCUT2D eigenvalue weighted by molar-refractivity contribution is 5.84. The zero-order chi connectivity index (χ0) is 10.1. The van der Waals surface area contributed by atoms with Gasteiger partial charge in [0.1, 0.15) is 0 Å². The van der Waals surface area contributed by atoms with E-state index in [-0.39, 0.29) is 5.91 Å². The summed E-state index contributed by atoms with van der Waals surface area (Å²) in [4.78, 5) is 20.0. The Morgan fingerprint density at radius 2 is 2.08 bits per heavy atom. The average Bonchev–Trinajstić information content (AvgIpc) is 2.33. The lowest BCUT2D eigenvalue weighted by Gasteiger charge is -1.93. The molecule has 0 atom stereocenters. The van der Waals surface area contributed by atoms with Gasteiger partial charge in [-0.2, -0.15) is 0 Å². The van der Waals surface area contributed by atoms with E-state index in [0.717, 1.165) is 31.9 Å². The standard InChI is InChI=1S/C6H11NO.C3H5NO/c8-6-4-2-1-3-5-7-6;1-2-3(4)5/h1-5H2,(H,7,8);2H,1H2,(H2,4,5). The van der Waals surface area contributed by atoms with Crippen LogP contribution in [-0.4, -0.2) is 18.4 Å². The molecule has 1 aliphatic heterocycles. The lowest BCUT2D eigenvalue weighted by atomic mass is 10.2. The molecule has 0 bridgehead atoms. The van der Waals surface area contributed by atoms with Crippen molar-refractivity contribution in [3.8, 4) is 0 Å². The molecule has 1 saturated heterocycles. The number of carbonyl (C=O) groups is 2. The molecule has 0 unspecified atom stereocenters. The summed E-state index contributed by atoms with van der Waals surface area (Å²) < 4.78 is 0. The molecule has 74 valence electrons. The fraction of sp³-hybridized carbons (Fsp3) is 0.556. The summed E-state index contributed by atoms with van der Waals surface area (Å²) in [6.07, 6.45) is 5.23. The molecular formula is C9H16N2O2. The third-order valence-electron chi connectivity index (χ3n) is 1.60. The summed E-state index contributed by atoms with van der Waals surface area (Å²) in [6, 6.07) is 0. The predicted molar refractivity (Wildman–Crippen MR) is 50.9 cm³/mol. The molecule has 4 heteroatoms. The number of amides is 2. The molecule has 1 aliphatic rings. The molecule has 1 fully saturated rings. The van der Waals surface area contributed by atoms with Crippen LogP contribution in [0.2, 0.25) is 0 Å². The molecule has 13 heavy (non-hydrogen) atoms. The number of hydrogen-bond donors (Lipinski definition) is 2. The highest BCUT2D eigenvalue weighted by Crippen LogP contribution is 2.02. The summed E-state index contributed by atoms with van der Waals surface area (Å²) in [5, 5.41) is 2.81. The molecule has 0 radical (unpaired) electrons. The van der Waals surface area contributed by atoms with Crippen LogP contribution in [0.15, 0.2) is 12.7 Å². The molecule has 1 rings (SSSR count). The van der Waals surface area contributed by atoms with Crippen molar-refractivity contribution >= 4 is 11.8 Å². The van der Waals surface area contributed by atoms with Gasteiger partial charge >= 0.3 is 0 Å². The second kappa shape index (κ2) is 7.34. The molecule has 4 nitrogen and oxygen atoms in total. The Hall–Kier alpha value is -1.32. The van der Waals surface area contributed by atoms with E-state index in [9.17, 15) is 9.59 Å².